The minimum Gasteiger partial charge on any atom is -0.311 e. The van der Waals surface area contributed by atoms with Crippen LogP contribution in [-0.2, 0) is 0 Å². The molecule has 0 aromatic carbocycles. The van der Waals surface area contributed by atoms with E-state index in [4.69, 9.17) is 0 Å². The van der Waals surface area contributed by atoms with E-state index in [1.807, 2.05) is 0 Å². The Morgan fingerprint density at radius 2 is 1.72 bits per heavy atom. The van der Waals surface area contributed by atoms with Gasteiger partial charge in [0.2, 0.25) is 0 Å². The van der Waals surface area contributed by atoms with E-state index < -0.39 is 0 Å². The molecule has 1 saturated carbocycles. The van der Waals surface area contributed by atoms with Gasteiger partial charge in [0.1, 0.15) is 0 Å². The number of rotatable bonds is 8. The lowest BCUT2D eigenvalue weighted by Gasteiger charge is -2.34. The quantitative estimate of drug-likeness (QED) is 0.595. The highest BCUT2D eigenvalue weighted by Gasteiger charge is 2.44. The minimum absolute atomic E-state index is 0.571. The molecule has 2 aliphatic rings. The number of unbranched alkanes of at least 4 members (excludes halogenated alkanes) is 5. The molecule has 1 saturated heterocycles. The highest BCUT2D eigenvalue weighted by molar-refractivity contribution is 5.01. The number of hydrogen-bond donors (Lipinski definition) is 1. The molecule has 0 spiro atoms. The molecule has 1 heterocycles. The van der Waals surface area contributed by atoms with E-state index in [0.29, 0.717) is 5.54 Å². The van der Waals surface area contributed by atoms with Crippen LogP contribution in [0, 0.1) is 5.92 Å². The van der Waals surface area contributed by atoms with Gasteiger partial charge in [-0.05, 0) is 44.6 Å². The molecule has 0 radical (unpaired) electrons. The van der Waals surface area contributed by atoms with Crippen molar-refractivity contribution in [2.24, 2.45) is 5.92 Å². The van der Waals surface area contributed by atoms with Crippen molar-refractivity contribution >= 4 is 0 Å². The third-order valence-electron chi connectivity index (χ3n) is 5.11. The zero-order chi connectivity index (χ0) is 12.7. The Kier molecular flexibility index (Phi) is 6.01. The first kappa shape index (κ1) is 14.4. The summed E-state index contributed by atoms with van der Waals surface area (Å²) >= 11 is 0. The van der Waals surface area contributed by atoms with Crippen LogP contribution in [0.2, 0.25) is 0 Å². The molecular formula is C17H33N. The maximum atomic E-state index is 3.96. The third-order valence-corrected chi connectivity index (χ3v) is 5.11. The highest BCUT2D eigenvalue weighted by atomic mass is 15.0. The van der Waals surface area contributed by atoms with E-state index in [2.05, 4.69) is 12.2 Å². The molecule has 0 aromatic heterocycles. The first-order valence-electron chi connectivity index (χ1n) is 8.62. The second-order valence-corrected chi connectivity index (χ2v) is 6.69. The van der Waals surface area contributed by atoms with Gasteiger partial charge >= 0.3 is 0 Å². The monoisotopic (exact) mass is 251 g/mol. The molecule has 2 rings (SSSR count). The lowest BCUT2D eigenvalue weighted by Crippen LogP contribution is -2.46. The molecule has 1 heteroatoms. The van der Waals surface area contributed by atoms with Crippen LogP contribution in [0.4, 0.5) is 0 Å². The predicted molar refractivity (Wildman–Crippen MR) is 79.9 cm³/mol. The first-order chi connectivity index (χ1) is 8.87. The Hall–Kier alpha value is -0.0400. The van der Waals surface area contributed by atoms with E-state index >= 15 is 0 Å². The molecule has 1 atom stereocenters. The summed E-state index contributed by atoms with van der Waals surface area (Å²) in [4.78, 5) is 0. The van der Waals surface area contributed by atoms with Crippen LogP contribution in [0.15, 0.2) is 0 Å². The van der Waals surface area contributed by atoms with Crippen molar-refractivity contribution in [3.8, 4) is 0 Å². The van der Waals surface area contributed by atoms with E-state index in [1.54, 1.807) is 0 Å². The maximum Gasteiger partial charge on any atom is 0.0209 e. The van der Waals surface area contributed by atoms with Crippen LogP contribution in [0.1, 0.15) is 90.4 Å². The third kappa shape index (κ3) is 4.26. The van der Waals surface area contributed by atoms with Gasteiger partial charge in [0, 0.05) is 5.54 Å². The largest absolute Gasteiger partial charge is 0.311 e. The lowest BCUT2D eigenvalue weighted by molar-refractivity contribution is 0.244. The molecule has 1 nitrogen and oxygen atoms in total. The van der Waals surface area contributed by atoms with Gasteiger partial charge in [-0.25, -0.2) is 0 Å². The van der Waals surface area contributed by atoms with Crippen molar-refractivity contribution in [1.29, 1.82) is 0 Å². The van der Waals surface area contributed by atoms with Gasteiger partial charge in [-0.1, -0.05) is 58.3 Å². The van der Waals surface area contributed by atoms with Crippen molar-refractivity contribution in [2.75, 3.05) is 6.54 Å². The van der Waals surface area contributed by atoms with Crippen LogP contribution in [0.3, 0.4) is 0 Å². The van der Waals surface area contributed by atoms with Crippen LogP contribution >= 0.6 is 0 Å². The van der Waals surface area contributed by atoms with Gasteiger partial charge in [-0.15, -0.1) is 0 Å². The smallest absolute Gasteiger partial charge is 0.0209 e. The molecule has 1 aliphatic heterocycles. The summed E-state index contributed by atoms with van der Waals surface area (Å²) in [5.74, 6) is 1.03. The lowest BCUT2D eigenvalue weighted by atomic mass is 9.83. The fourth-order valence-electron chi connectivity index (χ4n) is 3.79. The number of nitrogens with one attached hydrogen (secondary N) is 1. The van der Waals surface area contributed by atoms with E-state index in [-0.39, 0.29) is 0 Å². The summed E-state index contributed by atoms with van der Waals surface area (Å²) in [5.41, 5.74) is 0.571. The van der Waals surface area contributed by atoms with Crippen LogP contribution in [0.25, 0.3) is 0 Å². The topological polar surface area (TPSA) is 12.0 Å². The SMILES string of the molecule is CCCCCCCCC1(C2CC2)CCCCCN1. The molecule has 106 valence electrons. The Morgan fingerprint density at radius 1 is 0.944 bits per heavy atom. The second-order valence-electron chi connectivity index (χ2n) is 6.69. The Balaban J connectivity index is 1.69. The van der Waals surface area contributed by atoms with Gasteiger partial charge in [0.05, 0.1) is 0 Å². The fraction of sp³-hybridized carbons (Fsp3) is 1.00. The molecule has 2 fully saturated rings. The summed E-state index contributed by atoms with van der Waals surface area (Å²) < 4.78 is 0. The highest BCUT2D eigenvalue weighted by Crippen LogP contribution is 2.46. The van der Waals surface area contributed by atoms with Crippen LogP contribution in [0.5, 0.6) is 0 Å². The summed E-state index contributed by atoms with van der Waals surface area (Å²) in [6, 6.07) is 0. The maximum absolute atomic E-state index is 3.96. The molecule has 1 N–H and O–H groups in total. The van der Waals surface area contributed by atoms with Crippen LogP contribution < -0.4 is 5.32 Å². The average Bonchev–Trinajstić information content (AvgIpc) is 3.19. The standard InChI is InChI=1S/C17H33N/c1-2-3-4-5-6-8-13-17(16-11-12-16)14-9-7-10-15-18-17/h16,18H,2-15H2,1H3. The second kappa shape index (κ2) is 7.53. The molecule has 18 heavy (non-hydrogen) atoms. The van der Waals surface area contributed by atoms with Crippen molar-refractivity contribution in [3.63, 3.8) is 0 Å². The normalized spacial score (nSPS) is 29.2. The Morgan fingerprint density at radius 3 is 2.50 bits per heavy atom. The van der Waals surface area contributed by atoms with Crippen molar-refractivity contribution in [1.82, 2.24) is 5.32 Å². The van der Waals surface area contributed by atoms with E-state index in [0.717, 1.165) is 5.92 Å². The van der Waals surface area contributed by atoms with Gasteiger partial charge in [0.25, 0.3) is 0 Å². The van der Waals surface area contributed by atoms with Crippen molar-refractivity contribution in [2.45, 2.75) is 95.9 Å². The van der Waals surface area contributed by atoms with Gasteiger partial charge in [0.15, 0.2) is 0 Å². The molecule has 1 unspecified atom stereocenters. The van der Waals surface area contributed by atoms with E-state index in [9.17, 15) is 0 Å². The van der Waals surface area contributed by atoms with Crippen LogP contribution in [-0.4, -0.2) is 12.1 Å². The zero-order valence-corrected chi connectivity index (χ0v) is 12.5. The van der Waals surface area contributed by atoms with Gasteiger partial charge < -0.3 is 5.32 Å². The summed E-state index contributed by atoms with van der Waals surface area (Å²) in [6.45, 7) is 3.59. The molecule has 1 aliphatic carbocycles. The zero-order valence-electron chi connectivity index (χ0n) is 12.5. The minimum atomic E-state index is 0.571. The van der Waals surface area contributed by atoms with Crippen molar-refractivity contribution < 1.29 is 0 Å². The number of hydrogen-bond acceptors (Lipinski definition) is 1. The summed E-state index contributed by atoms with van der Waals surface area (Å²) in [7, 11) is 0. The molecule has 0 amide bonds. The Bertz CT molecular complexity index is 212. The molecule has 0 aromatic rings. The summed E-state index contributed by atoms with van der Waals surface area (Å²) in [5, 5.41) is 3.96. The molecular weight excluding hydrogens is 218 g/mol. The summed E-state index contributed by atoms with van der Waals surface area (Å²) in [6.07, 6.45) is 18.9. The van der Waals surface area contributed by atoms with Crippen molar-refractivity contribution in [3.05, 3.63) is 0 Å². The van der Waals surface area contributed by atoms with Gasteiger partial charge in [-0.3, -0.25) is 0 Å². The van der Waals surface area contributed by atoms with E-state index in [1.165, 1.54) is 90.0 Å². The Labute approximate surface area is 114 Å². The first-order valence-corrected chi connectivity index (χ1v) is 8.62. The fourth-order valence-corrected chi connectivity index (χ4v) is 3.79. The average molecular weight is 251 g/mol. The predicted octanol–water partition coefficient (Wildman–Crippen LogP) is 5.05. The van der Waals surface area contributed by atoms with Gasteiger partial charge in [-0.2, -0.15) is 0 Å². The molecule has 0 bridgehead atoms.